The second-order valence-electron chi connectivity index (χ2n) is 19.6. The lowest BCUT2D eigenvalue weighted by atomic mass is 10.0. The molecule has 8 rings (SSSR count). The van der Waals surface area contributed by atoms with Crippen LogP contribution in [0, 0.1) is 0 Å². The van der Waals surface area contributed by atoms with Gasteiger partial charge in [-0.05, 0) is 95.3 Å². The van der Waals surface area contributed by atoms with E-state index in [1.807, 2.05) is 55.4 Å². The van der Waals surface area contributed by atoms with Crippen LogP contribution in [-0.4, -0.2) is 149 Å². The maximum absolute atomic E-state index is 13.0. The minimum atomic E-state index is -3.87. The third-order valence-corrected chi connectivity index (χ3v) is 13.7. The summed E-state index contributed by atoms with van der Waals surface area (Å²) in [5.74, 6) is 0. The van der Waals surface area contributed by atoms with Crippen molar-refractivity contribution in [3.8, 4) is 22.5 Å². The van der Waals surface area contributed by atoms with E-state index >= 15 is 0 Å². The van der Waals surface area contributed by atoms with Crippen molar-refractivity contribution >= 4 is 76.8 Å². The van der Waals surface area contributed by atoms with Crippen LogP contribution in [0.1, 0.15) is 71.4 Å². The summed E-state index contributed by atoms with van der Waals surface area (Å²) in [6.45, 7) is 18.1. The number of halogens is 3. The minimum absolute atomic E-state index is 0.0471. The fraction of sp³-hybridized carbons (Fsp3) is 0.418. The third-order valence-electron chi connectivity index (χ3n) is 13.2. The van der Waals surface area contributed by atoms with Crippen molar-refractivity contribution in [3.05, 3.63) is 145 Å². The van der Waals surface area contributed by atoms with Crippen LogP contribution in [0.15, 0.2) is 134 Å². The molecule has 4 aromatic carbocycles. The van der Waals surface area contributed by atoms with Gasteiger partial charge >= 0.3 is 12.1 Å². The monoisotopic (exact) mass is 1190 g/mol. The van der Waals surface area contributed by atoms with Gasteiger partial charge in [0.2, 0.25) is 0 Å². The largest absolute Gasteiger partial charge is 0.399 e. The number of carbonyl (C=O) groups excluding carboxylic acids is 2. The van der Waals surface area contributed by atoms with Gasteiger partial charge in [-0.25, -0.2) is 29.8 Å². The molecule has 2 aromatic heterocycles. The van der Waals surface area contributed by atoms with Gasteiger partial charge in [0, 0.05) is 117 Å². The normalized spacial score (nSPS) is 14.4. The number of nitrogens with zero attached hydrogens (tertiary/aromatic N) is 9. The Kier molecular flexibility index (Phi) is 27.2. The quantitative estimate of drug-likeness (QED) is 0.0480. The lowest BCUT2D eigenvalue weighted by Gasteiger charge is -2.36. The summed E-state index contributed by atoms with van der Waals surface area (Å²) in [5.41, 5.74) is 12.4. The standard InChI is InChI=1S/C23H28N6O3S.C23H27N5O.C8H19N.CH2Cl2.ClH2NO2S/c1-27(21-10-12-28(13-11-21)15-18-6-3-2-4-7-18)23(30)29-16-22(25-17-29)19-8-5-9-20(14-19)26-33(24,31)32;1-26(21-10-12-27(13-11-21)15-18-6-3-2-4-7-18)23(29)28-16-22(25-17-28)19-8-5-9-20(24)14-19;1-6-9(7(2)3)8(4)5;2-1-3;1-5(2,3)4/h2-9,14,16-17,21,26H,10-13,15H2,1H3,(H2,24,31,32);2-9,14,16-17,21H,10-13,15,24H2,1H3;7-8H,6H2,1-5H3;1H2;(H2,2,3,4). The molecule has 24 heteroatoms. The number of amides is 2. The molecule has 2 amide bonds. The predicted octanol–water partition coefficient (Wildman–Crippen LogP) is 9.40. The smallest absolute Gasteiger partial charge is 0.329 e. The zero-order chi connectivity index (χ0) is 58.3. The van der Waals surface area contributed by atoms with E-state index in [1.165, 1.54) is 22.0 Å². The Bertz CT molecular complexity index is 2980. The van der Waals surface area contributed by atoms with Crippen molar-refractivity contribution in [1.29, 1.82) is 0 Å². The average Bonchev–Trinajstić information content (AvgIpc) is 4.13. The number of nitrogens with two attached hydrogens (primary N) is 3. The Balaban J connectivity index is 0.000000265. The summed E-state index contributed by atoms with van der Waals surface area (Å²) in [6.07, 6.45) is 10.3. The van der Waals surface area contributed by atoms with Crippen molar-refractivity contribution in [1.82, 2.24) is 43.6 Å². The molecule has 2 fully saturated rings. The molecule has 432 valence electrons. The first-order valence-corrected chi connectivity index (χ1v) is 30.9. The Morgan fingerprint density at radius 1 is 0.646 bits per heavy atom. The number of benzene rings is 4. The lowest BCUT2D eigenvalue weighted by Crippen LogP contribution is -2.46. The second kappa shape index (κ2) is 32.6. The van der Waals surface area contributed by atoms with Crippen LogP contribution < -0.4 is 20.7 Å². The topological polar surface area (TPSA) is 244 Å². The number of alkyl halides is 2. The summed E-state index contributed by atoms with van der Waals surface area (Å²) >= 11 is 9.53. The van der Waals surface area contributed by atoms with Crippen LogP contribution >= 0.6 is 33.9 Å². The second-order valence-corrected chi connectivity index (χ2v) is 23.9. The van der Waals surface area contributed by atoms with E-state index in [9.17, 15) is 26.4 Å². The molecule has 0 unspecified atom stereocenters. The van der Waals surface area contributed by atoms with Crippen molar-refractivity contribution in [3.63, 3.8) is 0 Å². The van der Waals surface area contributed by atoms with Crippen LogP contribution in [-0.2, 0) is 32.5 Å². The molecule has 0 bridgehead atoms. The van der Waals surface area contributed by atoms with Crippen molar-refractivity contribution < 1.29 is 26.4 Å². The Labute approximate surface area is 482 Å². The number of carbonyl (C=O) groups is 2. The van der Waals surface area contributed by atoms with Crippen LogP contribution in [0.3, 0.4) is 0 Å². The van der Waals surface area contributed by atoms with Gasteiger partial charge in [0.05, 0.1) is 22.4 Å². The highest BCUT2D eigenvalue weighted by atomic mass is 35.7. The molecule has 7 N–H and O–H groups in total. The average molecular weight is 1190 g/mol. The van der Waals surface area contributed by atoms with Crippen molar-refractivity contribution in [2.75, 3.05) is 62.6 Å². The summed E-state index contributed by atoms with van der Waals surface area (Å²) in [7, 11) is 0.434. The maximum atomic E-state index is 13.0. The zero-order valence-electron chi connectivity index (χ0n) is 46.2. The minimum Gasteiger partial charge on any atom is -0.399 e. The van der Waals surface area contributed by atoms with Gasteiger partial charge in [0.15, 0.2) is 0 Å². The summed E-state index contributed by atoms with van der Waals surface area (Å²) in [6, 6.07) is 36.8. The van der Waals surface area contributed by atoms with Gasteiger partial charge in [0.25, 0.3) is 19.4 Å². The molecule has 79 heavy (non-hydrogen) atoms. The summed E-state index contributed by atoms with van der Waals surface area (Å²) in [4.78, 5) is 45.7. The highest BCUT2D eigenvalue weighted by molar-refractivity contribution is 8.11. The molecule has 2 saturated heterocycles. The van der Waals surface area contributed by atoms with Gasteiger partial charge in [0.1, 0.15) is 12.7 Å². The molecule has 6 aromatic rings. The molecule has 2 aliphatic rings. The molecule has 4 heterocycles. The van der Waals surface area contributed by atoms with E-state index in [2.05, 4.69) is 128 Å². The van der Waals surface area contributed by atoms with E-state index in [0.717, 1.165) is 82.8 Å². The zero-order valence-corrected chi connectivity index (χ0v) is 50.1. The molecule has 0 spiro atoms. The number of nitrogens with one attached hydrogen (secondary N) is 1. The van der Waals surface area contributed by atoms with Crippen LogP contribution in [0.4, 0.5) is 21.0 Å². The lowest BCUT2D eigenvalue weighted by molar-refractivity contribution is 0.131. The Hall–Kier alpha value is -5.59. The number of hydrogen-bond acceptors (Lipinski definition) is 12. The molecule has 2 aliphatic heterocycles. The Morgan fingerprint density at radius 2 is 1.03 bits per heavy atom. The Morgan fingerprint density at radius 3 is 1.37 bits per heavy atom. The predicted molar refractivity (Wildman–Crippen MR) is 321 cm³/mol. The highest BCUT2D eigenvalue weighted by Crippen LogP contribution is 2.25. The van der Waals surface area contributed by atoms with Gasteiger partial charge in [-0.15, -0.1) is 23.2 Å². The summed E-state index contributed by atoms with van der Waals surface area (Å²) < 4.78 is 46.2. The molecule has 0 aliphatic carbocycles. The van der Waals surface area contributed by atoms with Gasteiger partial charge < -0.3 is 15.5 Å². The highest BCUT2D eigenvalue weighted by Gasteiger charge is 2.28. The molecule has 0 saturated carbocycles. The van der Waals surface area contributed by atoms with Crippen LogP contribution in [0.2, 0.25) is 0 Å². The summed E-state index contributed by atoms with van der Waals surface area (Å²) in [5, 5.41) is 9.33. The third kappa shape index (κ3) is 23.6. The van der Waals surface area contributed by atoms with Gasteiger partial charge in [-0.3, -0.25) is 28.6 Å². The van der Waals surface area contributed by atoms with Gasteiger partial charge in [-0.1, -0.05) is 91.9 Å². The van der Waals surface area contributed by atoms with E-state index in [-0.39, 0.29) is 29.5 Å². The van der Waals surface area contributed by atoms with Gasteiger partial charge in [-0.2, -0.15) is 16.8 Å². The number of likely N-dealkylation sites (tertiary alicyclic amines) is 2. The number of hydrogen-bond donors (Lipinski definition) is 4. The number of nitrogen functional groups attached to an aromatic ring is 1. The number of anilines is 2. The van der Waals surface area contributed by atoms with Crippen molar-refractivity contribution in [2.24, 2.45) is 10.3 Å². The van der Waals surface area contributed by atoms with E-state index in [0.29, 0.717) is 34.7 Å². The van der Waals surface area contributed by atoms with Crippen molar-refractivity contribution in [2.45, 2.75) is 97.6 Å². The molecule has 19 nitrogen and oxygen atoms in total. The molecular weight excluding hydrogens is 1110 g/mol. The first-order valence-electron chi connectivity index (χ1n) is 25.9. The first kappa shape index (κ1) is 65.9. The van der Waals surface area contributed by atoms with Crippen LogP contribution in [0.5, 0.6) is 0 Å². The van der Waals surface area contributed by atoms with E-state index in [1.54, 1.807) is 52.5 Å². The molecule has 0 atom stereocenters. The fourth-order valence-electron chi connectivity index (χ4n) is 9.37. The maximum Gasteiger partial charge on any atom is 0.329 e. The fourth-order valence-corrected chi connectivity index (χ4v) is 9.83. The number of piperidine rings is 2. The van der Waals surface area contributed by atoms with E-state index in [4.69, 9.17) is 34.1 Å². The number of rotatable bonds is 13. The molecule has 0 radical (unpaired) electrons. The van der Waals surface area contributed by atoms with E-state index < -0.39 is 19.4 Å². The number of imidazole rings is 2. The molecular formula is C55H78Cl3N13O6S2. The SMILES string of the molecule is CCN(C(C)C)C(C)C.CN(C(=O)n1cnc(-c2cccc(N)c2)c1)C1CCN(Cc2ccccc2)CC1.CN(C(=O)n1cnc(-c2cccc(NS(N)(=O)=O)c2)c1)C1CCN(Cc2ccccc2)CC1.ClCCl.NS(=O)(=O)Cl. The number of aromatic nitrogens is 4. The first-order chi connectivity index (χ1) is 37.4. The van der Waals surface area contributed by atoms with Crippen LogP contribution in [0.25, 0.3) is 22.5 Å².